The van der Waals surface area contributed by atoms with Gasteiger partial charge >= 0.3 is 0 Å². The number of anilines is 1. The summed E-state index contributed by atoms with van der Waals surface area (Å²) >= 11 is 1.16. The molecule has 0 aliphatic heterocycles. The van der Waals surface area contributed by atoms with Gasteiger partial charge in [-0.1, -0.05) is 53.7 Å². The molecule has 0 spiro atoms. The van der Waals surface area contributed by atoms with Crippen LogP contribution in [0.5, 0.6) is 5.75 Å². The van der Waals surface area contributed by atoms with Crippen LogP contribution in [-0.4, -0.2) is 28.7 Å². The Morgan fingerprint density at radius 2 is 1.74 bits per heavy atom. The minimum atomic E-state index is -0.481. The zero-order chi connectivity index (χ0) is 27.2. The summed E-state index contributed by atoms with van der Waals surface area (Å²) in [6.07, 6.45) is 0. The highest BCUT2D eigenvalue weighted by molar-refractivity contribution is 8.00. The number of aromatic nitrogens is 1. The first-order valence-corrected chi connectivity index (χ1v) is 12.6. The fourth-order valence-corrected chi connectivity index (χ4v) is 4.63. The molecule has 0 unspecified atom stereocenters. The van der Waals surface area contributed by atoms with Crippen LogP contribution in [0.3, 0.4) is 0 Å². The van der Waals surface area contributed by atoms with Gasteiger partial charge in [0.1, 0.15) is 16.8 Å². The molecule has 0 saturated heterocycles. The summed E-state index contributed by atoms with van der Waals surface area (Å²) in [5.41, 5.74) is 5.61. The number of amides is 1. The highest BCUT2D eigenvalue weighted by Crippen LogP contribution is 2.35. The molecule has 0 bridgehead atoms. The number of benzene rings is 3. The van der Waals surface area contributed by atoms with Crippen LogP contribution in [-0.2, 0) is 4.79 Å². The number of ether oxygens (including phenoxy) is 1. The molecule has 1 aromatic heterocycles. The summed E-state index contributed by atoms with van der Waals surface area (Å²) in [7, 11) is 1.59. The monoisotopic (exact) mass is 524 g/mol. The van der Waals surface area contributed by atoms with Gasteiger partial charge in [-0.25, -0.2) is 4.98 Å². The number of carbonyl (C=O) groups is 1. The van der Waals surface area contributed by atoms with Crippen LogP contribution in [0, 0.1) is 35.3 Å². The Bertz CT molecular complexity index is 1550. The van der Waals surface area contributed by atoms with Gasteiger partial charge in [0.2, 0.25) is 5.91 Å². The third kappa shape index (κ3) is 5.99. The summed E-state index contributed by atoms with van der Waals surface area (Å²) in [5, 5.41) is 24.3. The fourth-order valence-electron chi connectivity index (χ4n) is 3.83. The number of pyridine rings is 1. The van der Waals surface area contributed by atoms with Gasteiger partial charge in [-0.3, -0.25) is 14.9 Å². The van der Waals surface area contributed by atoms with Crippen molar-refractivity contribution in [2.75, 3.05) is 18.2 Å². The third-order valence-corrected chi connectivity index (χ3v) is 6.86. The van der Waals surface area contributed by atoms with Crippen molar-refractivity contribution in [3.05, 3.63) is 99.6 Å². The Labute approximate surface area is 224 Å². The minimum Gasteiger partial charge on any atom is -0.497 e. The molecule has 9 heteroatoms. The SMILES string of the molecule is COc1ccc(-c2cc(-c3ccc(C)cc3)nc(SCC(=O)Nc3ccc([N+](=O)[O-])cc3C)c2C#N)cc1. The van der Waals surface area contributed by atoms with Crippen molar-refractivity contribution in [2.24, 2.45) is 0 Å². The second-order valence-corrected chi connectivity index (χ2v) is 9.50. The molecule has 190 valence electrons. The summed E-state index contributed by atoms with van der Waals surface area (Å²) < 4.78 is 5.27. The van der Waals surface area contributed by atoms with Gasteiger partial charge in [-0.05, 0) is 49.2 Å². The second-order valence-electron chi connectivity index (χ2n) is 8.53. The number of nitrogens with one attached hydrogen (secondary N) is 1. The molecular formula is C29H24N4O4S. The maximum absolute atomic E-state index is 12.8. The smallest absolute Gasteiger partial charge is 0.269 e. The molecule has 38 heavy (non-hydrogen) atoms. The number of thioether (sulfide) groups is 1. The number of nitrogens with zero attached hydrogens (tertiary/aromatic N) is 3. The molecule has 0 radical (unpaired) electrons. The predicted molar refractivity (Wildman–Crippen MR) is 148 cm³/mol. The van der Waals surface area contributed by atoms with E-state index >= 15 is 0 Å². The number of non-ortho nitro benzene ring substituents is 1. The first kappa shape index (κ1) is 26.4. The Kier molecular flexibility index (Phi) is 8.04. The Hall–Kier alpha value is -4.68. The molecule has 1 amide bonds. The highest BCUT2D eigenvalue weighted by atomic mass is 32.2. The molecule has 4 aromatic rings. The second kappa shape index (κ2) is 11.6. The van der Waals surface area contributed by atoms with E-state index in [1.807, 2.05) is 61.5 Å². The van der Waals surface area contributed by atoms with Crippen LogP contribution in [0.2, 0.25) is 0 Å². The summed E-state index contributed by atoms with van der Waals surface area (Å²) in [5.74, 6) is 0.384. The lowest BCUT2D eigenvalue weighted by Crippen LogP contribution is -2.15. The van der Waals surface area contributed by atoms with Crippen molar-refractivity contribution in [2.45, 2.75) is 18.9 Å². The van der Waals surface area contributed by atoms with Gasteiger partial charge in [0.15, 0.2) is 0 Å². The van der Waals surface area contributed by atoms with E-state index in [0.29, 0.717) is 38.8 Å². The molecule has 0 aliphatic rings. The number of methoxy groups -OCH3 is 1. The standard InChI is InChI=1S/C29H24N4O4S/c1-18-4-6-21(7-5-18)27-15-24(20-8-11-23(37-3)12-9-20)25(16-30)29(32-27)38-17-28(34)31-26-13-10-22(33(35)36)14-19(26)2/h4-15H,17H2,1-3H3,(H,31,34). The van der Waals surface area contributed by atoms with E-state index < -0.39 is 4.92 Å². The van der Waals surface area contributed by atoms with Gasteiger partial charge in [-0.2, -0.15) is 5.26 Å². The van der Waals surface area contributed by atoms with E-state index in [9.17, 15) is 20.2 Å². The summed E-state index contributed by atoms with van der Waals surface area (Å²) in [4.78, 5) is 28.0. The van der Waals surface area contributed by atoms with Crippen molar-refractivity contribution in [3.63, 3.8) is 0 Å². The molecule has 3 aromatic carbocycles. The summed E-state index contributed by atoms with van der Waals surface area (Å²) in [6.45, 7) is 3.70. The van der Waals surface area contributed by atoms with E-state index in [2.05, 4.69) is 11.4 Å². The maximum atomic E-state index is 12.8. The Balaban J connectivity index is 1.66. The van der Waals surface area contributed by atoms with Gasteiger partial charge in [0.25, 0.3) is 5.69 Å². The lowest BCUT2D eigenvalue weighted by Gasteiger charge is -2.13. The normalized spacial score (nSPS) is 10.5. The number of rotatable bonds is 8. The van der Waals surface area contributed by atoms with Crippen LogP contribution in [0.25, 0.3) is 22.4 Å². The van der Waals surface area contributed by atoms with Crippen LogP contribution in [0.1, 0.15) is 16.7 Å². The predicted octanol–water partition coefficient (Wildman–Crippen LogP) is 6.55. The Morgan fingerprint density at radius 1 is 1.05 bits per heavy atom. The topological polar surface area (TPSA) is 118 Å². The zero-order valence-electron chi connectivity index (χ0n) is 21.0. The van der Waals surface area contributed by atoms with Crippen molar-refractivity contribution in [1.29, 1.82) is 5.26 Å². The number of aryl methyl sites for hydroxylation is 2. The van der Waals surface area contributed by atoms with Crippen molar-refractivity contribution in [1.82, 2.24) is 4.98 Å². The first-order chi connectivity index (χ1) is 18.3. The van der Waals surface area contributed by atoms with E-state index in [-0.39, 0.29) is 17.3 Å². The van der Waals surface area contributed by atoms with Gasteiger partial charge in [0, 0.05) is 28.9 Å². The number of hydrogen-bond donors (Lipinski definition) is 1. The average molecular weight is 525 g/mol. The van der Waals surface area contributed by atoms with Crippen LogP contribution < -0.4 is 10.1 Å². The van der Waals surface area contributed by atoms with E-state index in [1.54, 1.807) is 14.0 Å². The number of nitro benzene ring substituents is 1. The number of hydrogen-bond acceptors (Lipinski definition) is 7. The largest absolute Gasteiger partial charge is 0.497 e. The first-order valence-electron chi connectivity index (χ1n) is 11.6. The molecule has 0 atom stereocenters. The van der Waals surface area contributed by atoms with Crippen molar-refractivity contribution < 1.29 is 14.5 Å². The third-order valence-electron chi connectivity index (χ3n) is 5.88. The molecule has 1 N–H and O–H groups in total. The van der Waals surface area contributed by atoms with Crippen LogP contribution in [0.4, 0.5) is 11.4 Å². The number of nitro groups is 1. The minimum absolute atomic E-state index is 0.00247. The quantitative estimate of drug-likeness (QED) is 0.158. The van der Waals surface area contributed by atoms with Gasteiger partial charge in [-0.15, -0.1) is 0 Å². The summed E-state index contributed by atoms with van der Waals surface area (Å²) in [6, 6.07) is 23.8. The maximum Gasteiger partial charge on any atom is 0.269 e. The zero-order valence-corrected chi connectivity index (χ0v) is 21.8. The van der Waals surface area contributed by atoms with Gasteiger partial charge in [0.05, 0.1) is 29.0 Å². The van der Waals surface area contributed by atoms with E-state index in [0.717, 1.165) is 28.5 Å². The molecule has 8 nitrogen and oxygen atoms in total. The van der Waals surface area contributed by atoms with Crippen molar-refractivity contribution >= 4 is 29.0 Å². The Morgan fingerprint density at radius 3 is 2.34 bits per heavy atom. The lowest BCUT2D eigenvalue weighted by molar-refractivity contribution is -0.384. The van der Waals surface area contributed by atoms with Crippen LogP contribution in [0.15, 0.2) is 77.8 Å². The van der Waals surface area contributed by atoms with Gasteiger partial charge < -0.3 is 10.1 Å². The van der Waals surface area contributed by atoms with Crippen molar-refractivity contribution in [3.8, 4) is 34.2 Å². The molecule has 0 saturated carbocycles. The fraction of sp³-hybridized carbons (Fsp3) is 0.138. The van der Waals surface area contributed by atoms with Crippen LogP contribution >= 0.6 is 11.8 Å². The molecule has 4 rings (SSSR count). The molecule has 1 heterocycles. The molecule has 0 fully saturated rings. The van der Waals surface area contributed by atoms with E-state index in [4.69, 9.17) is 9.72 Å². The molecular weight excluding hydrogens is 500 g/mol. The molecule has 0 aliphatic carbocycles. The van der Waals surface area contributed by atoms with E-state index in [1.165, 1.54) is 18.2 Å². The average Bonchev–Trinajstić information content (AvgIpc) is 2.92. The number of carbonyl (C=O) groups excluding carboxylic acids is 1. The lowest BCUT2D eigenvalue weighted by atomic mass is 9.99. The number of nitriles is 1. The highest BCUT2D eigenvalue weighted by Gasteiger charge is 2.18.